The summed E-state index contributed by atoms with van der Waals surface area (Å²) in [6, 6.07) is 5.11. The molecule has 0 saturated carbocycles. The van der Waals surface area contributed by atoms with Gasteiger partial charge in [-0.15, -0.1) is 0 Å². The molecule has 4 nitrogen and oxygen atoms in total. The summed E-state index contributed by atoms with van der Waals surface area (Å²) in [4.78, 5) is 0.249. The molecule has 1 aliphatic rings. The zero-order chi connectivity index (χ0) is 12.8. The van der Waals surface area contributed by atoms with Crippen molar-refractivity contribution in [1.82, 2.24) is 4.31 Å². The van der Waals surface area contributed by atoms with E-state index in [-0.39, 0.29) is 18.0 Å². The summed E-state index contributed by atoms with van der Waals surface area (Å²) in [5.74, 6) is 0. The van der Waals surface area contributed by atoms with Gasteiger partial charge in [0.25, 0.3) is 0 Å². The molecule has 2 rings (SSSR count). The molecule has 1 N–H and O–H groups in total. The Labute approximate surface area is 109 Å². The van der Waals surface area contributed by atoms with Crippen LogP contribution < -0.4 is 0 Å². The van der Waals surface area contributed by atoms with Crippen LogP contribution in [0, 0.1) is 6.92 Å². The number of β-amino-alcohol motifs (C(OH)–C–C–N with tert-alkyl or cyclic N) is 1. The Hall–Kier alpha value is -0.430. The molecule has 1 aliphatic heterocycles. The number of halogens is 1. The third kappa shape index (κ3) is 2.40. The zero-order valence-electron chi connectivity index (χ0n) is 9.64. The second kappa shape index (κ2) is 4.05. The molecule has 1 fully saturated rings. The first kappa shape index (κ1) is 13.0. The van der Waals surface area contributed by atoms with Crippen LogP contribution in [0.25, 0.3) is 0 Å². The Morgan fingerprint density at radius 1 is 1.41 bits per heavy atom. The van der Waals surface area contributed by atoms with E-state index in [1.807, 2.05) is 6.92 Å². The molecule has 0 atom stereocenters. The van der Waals surface area contributed by atoms with Gasteiger partial charge in [0, 0.05) is 17.6 Å². The van der Waals surface area contributed by atoms with Crippen molar-refractivity contribution in [3.63, 3.8) is 0 Å². The first-order chi connectivity index (χ1) is 7.72. The first-order valence-electron chi connectivity index (χ1n) is 5.21. The molecule has 6 heteroatoms. The van der Waals surface area contributed by atoms with E-state index in [1.54, 1.807) is 25.1 Å². The first-order valence-corrected chi connectivity index (χ1v) is 7.44. The number of aliphatic hydroxyl groups is 1. The minimum absolute atomic E-state index is 0.148. The van der Waals surface area contributed by atoms with Gasteiger partial charge < -0.3 is 5.11 Å². The van der Waals surface area contributed by atoms with Crippen molar-refractivity contribution in [2.75, 3.05) is 13.1 Å². The standard InChI is InChI=1S/C11H14BrNO3S/c1-8-3-4-10(9(12)5-8)17(15,16)13-6-11(2,14)7-13/h3-5,14H,6-7H2,1-2H3. The van der Waals surface area contributed by atoms with E-state index in [0.29, 0.717) is 4.47 Å². The molecule has 94 valence electrons. The molecule has 17 heavy (non-hydrogen) atoms. The number of hydrogen-bond acceptors (Lipinski definition) is 3. The molecule has 0 unspecified atom stereocenters. The van der Waals surface area contributed by atoms with Crippen LogP contribution in [-0.2, 0) is 10.0 Å². The summed E-state index contributed by atoms with van der Waals surface area (Å²) in [6.07, 6.45) is 0. The van der Waals surface area contributed by atoms with Gasteiger partial charge in [0.1, 0.15) is 0 Å². The Morgan fingerprint density at radius 3 is 2.47 bits per heavy atom. The Bertz CT molecular complexity index is 546. The molecule has 0 aromatic heterocycles. The van der Waals surface area contributed by atoms with Crippen molar-refractivity contribution >= 4 is 26.0 Å². The van der Waals surface area contributed by atoms with Crippen LogP contribution in [0.4, 0.5) is 0 Å². The molecule has 1 heterocycles. The number of nitrogens with zero attached hydrogens (tertiary/aromatic N) is 1. The molecule has 1 aromatic rings. The van der Waals surface area contributed by atoms with Crippen molar-refractivity contribution in [2.45, 2.75) is 24.3 Å². The fourth-order valence-electron chi connectivity index (χ4n) is 1.84. The topological polar surface area (TPSA) is 57.6 Å². The molecule has 0 aliphatic carbocycles. The Kier molecular flexibility index (Phi) is 3.10. The smallest absolute Gasteiger partial charge is 0.244 e. The van der Waals surface area contributed by atoms with E-state index < -0.39 is 15.6 Å². The number of rotatable bonds is 2. The predicted octanol–water partition coefficient (Wildman–Crippen LogP) is 1.51. The van der Waals surface area contributed by atoms with Crippen LogP contribution >= 0.6 is 15.9 Å². The highest BCUT2D eigenvalue weighted by Gasteiger charge is 2.44. The van der Waals surface area contributed by atoms with Crippen LogP contribution in [0.1, 0.15) is 12.5 Å². The van der Waals surface area contributed by atoms with Gasteiger partial charge in [0.05, 0.1) is 10.5 Å². The maximum atomic E-state index is 12.2. The minimum Gasteiger partial charge on any atom is -0.387 e. The third-order valence-corrected chi connectivity index (χ3v) is 5.51. The summed E-state index contributed by atoms with van der Waals surface area (Å²) in [7, 11) is -3.49. The average Bonchev–Trinajstić information content (AvgIpc) is 2.13. The molecular weight excluding hydrogens is 306 g/mol. The third-order valence-electron chi connectivity index (χ3n) is 2.74. The summed E-state index contributed by atoms with van der Waals surface area (Å²) < 4.78 is 26.3. The van der Waals surface area contributed by atoms with Gasteiger partial charge in [0.15, 0.2) is 0 Å². The van der Waals surface area contributed by atoms with Gasteiger partial charge in [-0.25, -0.2) is 8.42 Å². The summed E-state index contributed by atoms with van der Waals surface area (Å²) in [5.41, 5.74) is 0.0935. The second-order valence-corrected chi connectivity index (χ2v) is 7.46. The van der Waals surface area contributed by atoms with Gasteiger partial charge in [-0.2, -0.15) is 4.31 Å². The Morgan fingerprint density at radius 2 is 2.00 bits per heavy atom. The highest BCUT2D eigenvalue weighted by molar-refractivity contribution is 9.10. The lowest BCUT2D eigenvalue weighted by Gasteiger charge is -2.42. The highest BCUT2D eigenvalue weighted by atomic mass is 79.9. The van der Waals surface area contributed by atoms with E-state index in [2.05, 4.69) is 15.9 Å². The number of sulfonamides is 1. The van der Waals surface area contributed by atoms with Gasteiger partial charge in [-0.3, -0.25) is 0 Å². The molecule has 0 amide bonds. The number of hydrogen-bond donors (Lipinski definition) is 1. The van der Waals surface area contributed by atoms with E-state index >= 15 is 0 Å². The van der Waals surface area contributed by atoms with E-state index in [9.17, 15) is 13.5 Å². The van der Waals surface area contributed by atoms with E-state index in [4.69, 9.17) is 0 Å². The average molecular weight is 320 g/mol. The fourth-order valence-corrected chi connectivity index (χ4v) is 4.66. The normalized spacial score (nSPS) is 20.0. The fraction of sp³-hybridized carbons (Fsp3) is 0.455. The lowest BCUT2D eigenvalue weighted by molar-refractivity contribution is -0.0426. The van der Waals surface area contributed by atoms with Crippen LogP contribution in [0.5, 0.6) is 0 Å². The monoisotopic (exact) mass is 319 g/mol. The van der Waals surface area contributed by atoms with Gasteiger partial charge in [-0.1, -0.05) is 6.07 Å². The molecule has 0 spiro atoms. The van der Waals surface area contributed by atoms with Crippen molar-refractivity contribution in [1.29, 1.82) is 0 Å². The van der Waals surface area contributed by atoms with E-state index in [1.165, 1.54) is 4.31 Å². The van der Waals surface area contributed by atoms with Crippen LogP contribution in [0.2, 0.25) is 0 Å². The van der Waals surface area contributed by atoms with Gasteiger partial charge in [-0.05, 0) is 47.5 Å². The number of aryl methyl sites for hydroxylation is 1. The van der Waals surface area contributed by atoms with E-state index in [0.717, 1.165) is 5.56 Å². The highest BCUT2D eigenvalue weighted by Crippen LogP contribution is 2.31. The molecule has 0 bridgehead atoms. The minimum atomic E-state index is -3.49. The molecule has 1 saturated heterocycles. The summed E-state index contributed by atoms with van der Waals surface area (Å²) in [6.45, 7) is 3.82. The van der Waals surface area contributed by atoms with Crippen molar-refractivity contribution in [2.24, 2.45) is 0 Å². The number of benzene rings is 1. The maximum Gasteiger partial charge on any atom is 0.244 e. The molecular formula is C11H14BrNO3S. The predicted molar refractivity (Wildman–Crippen MR) is 68.3 cm³/mol. The summed E-state index contributed by atoms with van der Waals surface area (Å²) in [5, 5.41) is 9.59. The SMILES string of the molecule is Cc1ccc(S(=O)(=O)N2CC(C)(O)C2)c(Br)c1. The molecule has 1 aromatic carbocycles. The summed E-state index contributed by atoms with van der Waals surface area (Å²) >= 11 is 3.26. The van der Waals surface area contributed by atoms with Gasteiger partial charge >= 0.3 is 0 Å². The van der Waals surface area contributed by atoms with Crippen molar-refractivity contribution < 1.29 is 13.5 Å². The zero-order valence-corrected chi connectivity index (χ0v) is 12.0. The van der Waals surface area contributed by atoms with Crippen LogP contribution in [-0.4, -0.2) is 36.5 Å². The van der Waals surface area contributed by atoms with Crippen LogP contribution in [0.15, 0.2) is 27.6 Å². The van der Waals surface area contributed by atoms with Crippen LogP contribution in [0.3, 0.4) is 0 Å². The maximum absolute atomic E-state index is 12.2. The lowest BCUT2D eigenvalue weighted by Crippen LogP contribution is -2.61. The van der Waals surface area contributed by atoms with Gasteiger partial charge in [0.2, 0.25) is 10.0 Å². The van der Waals surface area contributed by atoms with Crippen molar-refractivity contribution in [3.05, 3.63) is 28.2 Å². The lowest BCUT2D eigenvalue weighted by atomic mass is 10.0. The van der Waals surface area contributed by atoms with Crippen molar-refractivity contribution in [3.8, 4) is 0 Å². The molecule has 0 radical (unpaired) electrons. The largest absolute Gasteiger partial charge is 0.387 e. The Balaban J connectivity index is 2.34. The quantitative estimate of drug-likeness (QED) is 0.899. The second-order valence-electron chi connectivity index (χ2n) is 4.70.